The number of hydrogen-bond donors (Lipinski definition) is 2. The van der Waals surface area contributed by atoms with Gasteiger partial charge < -0.3 is 5.32 Å². The Bertz CT molecular complexity index is 908. The van der Waals surface area contributed by atoms with Gasteiger partial charge in [0, 0.05) is 17.9 Å². The Kier molecular flexibility index (Phi) is 5.10. The molecular formula is C22H30N2O4S. The average molecular weight is 419 g/mol. The first-order valence-electron chi connectivity index (χ1n) is 10.5. The van der Waals surface area contributed by atoms with Gasteiger partial charge in [-0.3, -0.25) is 9.59 Å². The lowest BCUT2D eigenvalue weighted by molar-refractivity contribution is -0.128. The zero-order valence-corrected chi connectivity index (χ0v) is 17.9. The minimum atomic E-state index is -3.82. The van der Waals surface area contributed by atoms with Crippen LogP contribution >= 0.6 is 0 Å². The highest BCUT2D eigenvalue weighted by atomic mass is 32.2. The molecule has 3 aliphatic rings. The number of hydrogen-bond acceptors (Lipinski definition) is 4. The highest BCUT2D eigenvalue weighted by Gasteiger charge is 2.65. The van der Waals surface area contributed by atoms with Crippen LogP contribution in [0.2, 0.25) is 0 Å². The van der Waals surface area contributed by atoms with Crippen LogP contribution in [0.25, 0.3) is 0 Å². The minimum Gasteiger partial charge on any atom is -0.352 e. The van der Waals surface area contributed by atoms with Crippen LogP contribution in [-0.4, -0.2) is 37.9 Å². The van der Waals surface area contributed by atoms with E-state index in [-0.39, 0.29) is 41.2 Å². The summed E-state index contributed by atoms with van der Waals surface area (Å²) >= 11 is 0. The van der Waals surface area contributed by atoms with Crippen LogP contribution < -0.4 is 10.0 Å². The van der Waals surface area contributed by atoms with Crippen LogP contribution in [0.15, 0.2) is 30.3 Å². The van der Waals surface area contributed by atoms with Crippen molar-refractivity contribution in [2.24, 2.45) is 16.7 Å². The van der Waals surface area contributed by atoms with Gasteiger partial charge >= 0.3 is 0 Å². The maximum atomic E-state index is 13.2. The van der Waals surface area contributed by atoms with Crippen LogP contribution in [0.1, 0.15) is 51.5 Å². The van der Waals surface area contributed by atoms with Crippen molar-refractivity contribution in [2.45, 2.75) is 64.5 Å². The van der Waals surface area contributed by atoms with E-state index >= 15 is 0 Å². The van der Waals surface area contributed by atoms with Crippen molar-refractivity contribution in [1.82, 2.24) is 10.0 Å². The summed E-state index contributed by atoms with van der Waals surface area (Å²) < 4.78 is 29.0. The molecule has 4 rings (SSSR count). The van der Waals surface area contributed by atoms with Gasteiger partial charge in [0.05, 0.1) is 5.75 Å². The van der Waals surface area contributed by atoms with E-state index in [2.05, 4.69) is 10.0 Å². The molecule has 0 aromatic heterocycles. The third-order valence-electron chi connectivity index (χ3n) is 7.42. The fourth-order valence-corrected chi connectivity index (χ4v) is 7.29. The summed E-state index contributed by atoms with van der Waals surface area (Å²) in [5.74, 6) is -0.210. The van der Waals surface area contributed by atoms with E-state index in [4.69, 9.17) is 0 Å². The summed E-state index contributed by atoms with van der Waals surface area (Å²) in [4.78, 5) is 25.5. The number of amides is 1. The first-order chi connectivity index (χ1) is 13.6. The van der Waals surface area contributed by atoms with E-state index < -0.39 is 21.5 Å². The maximum Gasteiger partial charge on any atom is 0.238 e. The number of carbonyl (C=O) groups is 2. The SMILES string of the molecule is CC1(C)C2CCC1(CS(=O)(=O)NC(Cc1ccccc1)C(=O)NC1CC1)C(=O)C2. The fraction of sp³-hybridized carbons (Fsp3) is 0.636. The van der Waals surface area contributed by atoms with Crippen LogP contribution in [0.5, 0.6) is 0 Å². The standard InChI is InChI=1S/C22H30N2O4S/c1-21(2)16-10-11-22(21,19(25)13-16)14-29(27,28)24-18(20(26)23-17-8-9-17)12-15-6-4-3-5-7-15/h3-7,16-18,24H,8-14H2,1-2H3,(H,23,26). The Balaban J connectivity index is 1.54. The molecule has 3 unspecified atom stereocenters. The monoisotopic (exact) mass is 418 g/mol. The highest BCUT2D eigenvalue weighted by Crippen LogP contribution is 2.64. The lowest BCUT2D eigenvalue weighted by Gasteiger charge is -2.36. The van der Waals surface area contributed by atoms with Crippen LogP contribution in [0.4, 0.5) is 0 Å². The maximum absolute atomic E-state index is 13.2. The number of fused-ring (bicyclic) bond motifs is 2. The van der Waals surface area contributed by atoms with Gasteiger partial charge in [0.15, 0.2) is 0 Å². The number of benzene rings is 1. The second-order valence-corrected chi connectivity index (χ2v) is 11.3. The Labute approximate surface area is 172 Å². The smallest absolute Gasteiger partial charge is 0.238 e. The van der Waals surface area contributed by atoms with Gasteiger partial charge in [-0.15, -0.1) is 0 Å². The molecule has 3 aliphatic carbocycles. The van der Waals surface area contributed by atoms with E-state index in [1.54, 1.807) is 0 Å². The van der Waals surface area contributed by atoms with Gasteiger partial charge in [0.25, 0.3) is 0 Å². The fourth-order valence-electron chi connectivity index (χ4n) is 5.26. The Morgan fingerprint density at radius 3 is 2.41 bits per heavy atom. The molecular weight excluding hydrogens is 388 g/mol. The molecule has 7 heteroatoms. The summed E-state index contributed by atoms with van der Waals surface area (Å²) in [6.07, 6.45) is 4.13. The molecule has 0 aliphatic heterocycles. The van der Waals surface area contributed by atoms with Crippen molar-refractivity contribution in [3.8, 4) is 0 Å². The predicted octanol–water partition coefficient (Wildman–Crippen LogP) is 2.19. The number of Topliss-reactive ketones (excluding diaryl/α,β-unsaturated/α-hetero) is 1. The van der Waals surface area contributed by atoms with Crippen LogP contribution in [-0.2, 0) is 26.0 Å². The zero-order chi connectivity index (χ0) is 20.9. The second kappa shape index (κ2) is 7.20. The molecule has 0 saturated heterocycles. The first-order valence-corrected chi connectivity index (χ1v) is 12.2. The van der Waals surface area contributed by atoms with Crippen molar-refractivity contribution in [3.63, 3.8) is 0 Å². The van der Waals surface area contributed by atoms with E-state index in [1.165, 1.54) is 0 Å². The summed E-state index contributed by atoms with van der Waals surface area (Å²) in [5.41, 5.74) is -0.278. The lowest BCUT2D eigenvalue weighted by Crippen LogP contribution is -2.52. The van der Waals surface area contributed by atoms with Gasteiger partial charge in [-0.05, 0) is 49.0 Å². The molecule has 0 spiro atoms. The van der Waals surface area contributed by atoms with E-state index in [0.29, 0.717) is 12.8 Å². The van der Waals surface area contributed by atoms with Crippen molar-refractivity contribution in [3.05, 3.63) is 35.9 Å². The molecule has 6 nitrogen and oxygen atoms in total. The van der Waals surface area contributed by atoms with E-state index in [1.807, 2.05) is 44.2 Å². The topological polar surface area (TPSA) is 92.3 Å². The lowest BCUT2D eigenvalue weighted by atomic mass is 9.70. The molecule has 29 heavy (non-hydrogen) atoms. The zero-order valence-electron chi connectivity index (χ0n) is 17.1. The van der Waals surface area contributed by atoms with Crippen molar-refractivity contribution in [2.75, 3.05) is 5.75 Å². The average Bonchev–Trinajstić information content (AvgIpc) is 3.40. The van der Waals surface area contributed by atoms with Gasteiger partial charge in [-0.1, -0.05) is 44.2 Å². The number of carbonyl (C=O) groups excluding carboxylic acids is 2. The molecule has 0 heterocycles. The van der Waals surface area contributed by atoms with E-state index in [0.717, 1.165) is 24.8 Å². The molecule has 2 N–H and O–H groups in total. The van der Waals surface area contributed by atoms with Gasteiger partial charge in [0.2, 0.25) is 15.9 Å². The predicted molar refractivity (Wildman–Crippen MR) is 111 cm³/mol. The molecule has 158 valence electrons. The summed E-state index contributed by atoms with van der Waals surface area (Å²) in [5, 5.41) is 2.91. The van der Waals surface area contributed by atoms with Crippen molar-refractivity contribution >= 4 is 21.7 Å². The number of sulfonamides is 1. The first kappa shape index (κ1) is 20.5. The van der Waals surface area contributed by atoms with Crippen LogP contribution in [0, 0.1) is 16.7 Å². The normalized spacial score (nSPS) is 29.0. The highest BCUT2D eigenvalue weighted by molar-refractivity contribution is 7.89. The number of nitrogens with one attached hydrogen (secondary N) is 2. The Hall–Kier alpha value is -1.73. The number of rotatable bonds is 8. The molecule has 3 fully saturated rings. The quantitative estimate of drug-likeness (QED) is 0.677. The molecule has 1 aromatic carbocycles. The van der Waals surface area contributed by atoms with Gasteiger partial charge in [-0.25, -0.2) is 13.1 Å². The Morgan fingerprint density at radius 2 is 1.86 bits per heavy atom. The molecule has 2 bridgehead atoms. The third-order valence-corrected chi connectivity index (χ3v) is 8.94. The minimum absolute atomic E-state index is 0.0613. The molecule has 3 atom stereocenters. The van der Waals surface area contributed by atoms with Crippen molar-refractivity contribution in [1.29, 1.82) is 0 Å². The largest absolute Gasteiger partial charge is 0.352 e. The molecule has 3 saturated carbocycles. The molecule has 1 amide bonds. The molecule has 0 radical (unpaired) electrons. The van der Waals surface area contributed by atoms with Crippen molar-refractivity contribution < 1.29 is 18.0 Å². The summed E-state index contributed by atoms with van der Waals surface area (Å²) in [6.45, 7) is 4.04. The second-order valence-electron chi connectivity index (χ2n) is 9.57. The number of ketones is 1. The van der Waals surface area contributed by atoms with Gasteiger partial charge in [-0.2, -0.15) is 0 Å². The molecule has 1 aromatic rings. The van der Waals surface area contributed by atoms with Crippen LogP contribution in [0.3, 0.4) is 0 Å². The van der Waals surface area contributed by atoms with Gasteiger partial charge in [0.1, 0.15) is 11.8 Å². The Morgan fingerprint density at radius 1 is 1.17 bits per heavy atom. The third kappa shape index (κ3) is 3.87. The van der Waals surface area contributed by atoms with E-state index in [9.17, 15) is 18.0 Å². The summed E-state index contributed by atoms with van der Waals surface area (Å²) in [7, 11) is -3.82. The summed E-state index contributed by atoms with van der Waals surface area (Å²) in [6, 6.07) is 8.67.